The van der Waals surface area contributed by atoms with E-state index in [1.165, 1.54) is 0 Å². The normalized spacial score (nSPS) is 12.2. The molecule has 0 aliphatic carbocycles. The van der Waals surface area contributed by atoms with Crippen molar-refractivity contribution in [3.63, 3.8) is 0 Å². The van der Waals surface area contributed by atoms with Crippen LogP contribution in [-0.4, -0.2) is 12.1 Å². The van der Waals surface area contributed by atoms with Gasteiger partial charge in [-0.3, -0.25) is 4.79 Å². The van der Waals surface area contributed by atoms with E-state index < -0.39 is 0 Å². The van der Waals surface area contributed by atoms with Crippen molar-refractivity contribution in [2.24, 2.45) is 11.8 Å². The highest BCUT2D eigenvalue weighted by atomic mass is 16.5. The molecule has 0 aromatic carbocycles. The Bertz CT molecular complexity index is 294. The lowest BCUT2D eigenvalue weighted by Gasteiger charge is -2.16. The van der Waals surface area contributed by atoms with E-state index in [2.05, 4.69) is 33.4 Å². The van der Waals surface area contributed by atoms with E-state index in [0.717, 1.165) is 12.0 Å². The average molecular weight is 238 g/mol. The fourth-order valence-corrected chi connectivity index (χ4v) is 1.07. The fourth-order valence-electron chi connectivity index (χ4n) is 1.07. The zero-order valence-electron chi connectivity index (χ0n) is 12.0. The summed E-state index contributed by atoms with van der Waals surface area (Å²) in [6, 6.07) is 0. The summed E-state index contributed by atoms with van der Waals surface area (Å²) in [7, 11) is 0. The van der Waals surface area contributed by atoms with Gasteiger partial charge in [0, 0.05) is 6.42 Å². The first-order valence-electron chi connectivity index (χ1n) is 6.44. The van der Waals surface area contributed by atoms with Crippen LogP contribution in [0.5, 0.6) is 0 Å². The van der Waals surface area contributed by atoms with Crippen LogP contribution in [0.25, 0.3) is 0 Å². The number of carbonyl (C=O) groups is 1. The maximum atomic E-state index is 11.5. The molecular formula is C15H26O2. The molecule has 0 N–H and O–H groups in total. The second kappa shape index (κ2) is 8.14. The molecular weight excluding hydrogens is 212 g/mol. The van der Waals surface area contributed by atoms with Crippen LogP contribution in [0.3, 0.4) is 0 Å². The van der Waals surface area contributed by atoms with Gasteiger partial charge in [-0.05, 0) is 43.8 Å². The third-order valence-corrected chi connectivity index (χ3v) is 2.62. The first kappa shape index (κ1) is 16.0. The first-order valence-corrected chi connectivity index (χ1v) is 6.44. The van der Waals surface area contributed by atoms with Gasteiger partial charge >= 0.3 is 5.97 Å². The summed E-state index contributed by atoms with van der Waals surface area (Å²) >= 11 is 0. The van der Waals surface area contributed by atoms with Crippen LogP contribution in [0, 0.1) is 11.8 Å². The number of hydrogen-bond donors (Lipinski definition) is 0. The Kier molecular flexibility index (Phi) is 7.65. The monoisotopic (exact) mass is 238 g/mol. The highest BCUT2D eigenvalue weighted by Crippen LogP contribution is 2.09. The van der Waals surface area contributed by atoms with Gasteiger partial charge in [0.2, 0.25) is 0 Å². The number of hydrogen-bond acceptors (Lipinski definition) is 2. The second-order valence-electron chi connectivity index (χ2n) is 5.27. The number of carbonyl (C=O) groups excluding carboxylic acids is 1. The third kappa shape index (κ3) is 8.76. The molecule has 0 spiro atoms. The van der Waals surface area contributed by atoms with E-state index in [4.69, 9.17) is 4.74 Å². The summed E-state index contributed by atoms with van der Waals surface area (Å²) in [4.78, 5) is 11.5. The SMILES string of the molecule is CC(=C=CC(C)C)CCC(=O)OC(C)C(C)C. The van der Waals surface area contributed by atoms with Crippen molar-refractivity contribution in [2.75, 3.05) is 0 Å². The number of ether oxygens (including phenoxy) is 1. The van der Waals surface area contributed by atoms with E-state index in [1.54, 1.807) is 0 Å². The Morgan fingerprint density at radius 3 is 2.24 bits per heavy atom. The van der Waals surface area contributed by atoms with Crippen LogP contribution in [0.2, 0.25) is 0 Å². The molecule has 0 heterocycles. The summed E-state index contributed by atoms with van der Waals surface area (Å²) in [6.07, 6.45) is 3.20. The highest BCUT2D eigenvalue weighted by molar-refractivity contribution is 5.69. The smallest absolute Gasteiger partial charge is 0.306 e. The van der Waals surface area contributed by atoms with Gasteiger partial charge in [0.25, 0.3) is 0 Å². The van der Waals surface area contributed by atoms with Gasteiger partial charge in [-0.2, -0.15) is 0 Å². The van der Waals surface area contributed by atoms with Crippen LogP contribution < -0.4 is 0 Å². The van der Waals surface area contributed by atoms with Gasteiger partial charge in [-0.1, -0.05) is 27.7 Å². The predicted molar refractivity (Wildman–Crippen MR) is 71.7 cm³/mol. The van der Waals surface area contributed by atoms with E-state index >= 15 is 0 Å². The van der Waals surface area contributed by atoms with Crippen LogP contribution in [0.4, 0.5) is 0 Å². The van der Waals surface area contributed by atoms with Gasteiger partial charge in [-0.25, -0.2) is 0 Å². The molecule has 98 valence electrons. The van der Waals surface area contributed by atoms with Crippen molar-refractivity contribution in [2.45, 2.75) is 60.5 Å². The molecule has 17 heavy (non-hydrogen) atoms. The van der Waals surface area contributed by atoms with Gasteiger partial charge in [0.05, 0.1) is 0 Å². The summed E-state index contributed by atoms with van der Waals surface area (Å²) < 4.78 is 5.30. The molecule has 0 bridgehead atoms. The maximum absolute atomic E-state index is 11.5. The molecule has 0 aromatic heterocycles. The highest BCUT2D eigenvalue weighted by Gasteiger charge is 2.12. The van der Waals surface area contributed by atoms with Crippen molar-refractivity contribution >= 4 is 5.97 Å². The molecule has 0 aromatic rings. The summed E-state index contributed by atoms with van der Waals surface area (Å²) in [6.45, 7) is 12.3. The molecule has 0 amide bonds. The van der Waals surface area contributed by atoms with Gasteiger partial charge in [0.1, 0.15) is 6.10 Å². The van der Waals surface area contributed by atoms with E-state index in [-0.39, 0.29) is 12.1 Å². The lowest BCUT2D eigenvalue weighted by Crippen LogP contribution is -2.19. The zero-order chi connectivity index (χ0) is 13.4. The van der Waals surface area contributed by atoms with E-state index in [1.807, 2.05) is 19.9 Å². The number of esters is 1. The lowest BCUT2D eigenvalue weighted by atomic mass is 10.1. The Balaban J connectivity index is 4.04. The van der Waals surface area contributed by atoms with Crippen LogP contribution in [-0.2, 0) is 9.53 Å². The molecule has 0 saturated heterocycles. The van der Waals surface area contributed by atoms with E-state index in [9.17, 15) is 4.79 Å². The predicted octanol–water partition coefficient (Wildman–Crippen LogP) is 4.11. The molecule has 1 unspecified atom stereocenters. The molecule has 0 rings (SSSR count). The van der Waals surface area contributed by atoms with E-state index in [0.29, 0.717) is 18.3 Å². The van der Waals surface area contributed by atoms with Crippen molar-refractivity contribution < 1.29 is 9.53 Å². The molecule has 0 aliphatic rings. The quantitative estimate of drug-likeness (QED) is 0.514. The zero-order valence-corrected chi connectivity index (χ0v) is 12.0. The lowest BCUT2D eigenvalue weighted by molar-refractivity contribution is -0.150. The fraction of sp³-hybridized carbons (Fsp3) is 0.733. The Hall–Kier alpha value is -1.01. The van der Waals surface area contributed by atoms with Crippen molar-refractivity contribution in [3.05, 3.63) is 17.4 Å². The summed E-state index contributed by atoms with van der Waals surface area (Å²) in [5.74, 6) is 0.756. The molecule has 2 nitrogen and oxygen atoms in total. The molecule has 0 aliphatic heterocycles. The van der Waals surface area contributed by atoms with Gasteiger partial charge in [0.15, 0.2) is 0 Å². The second-order valence-corrected chi connectivity index (χ2v) is 5.27. The third-order valence-electron chi connectivity index (χ3n) is 2.62. The maximum Gasteiger partial charge on any atom is 0.306 e. The summed E-state index contributed by atoms with van der Waals surface area (Å²) in [5.41, 5.74) is 4.30. The van der Waals surface area contributed by atoms with Crippen LogP contribution in [0.15, 0.2) is 17.4 Å². The largest absolute Gasteiger partial charge is 0.462 e. The number of rotatable bonds is 6. The minimum Gasteiger partial charge on any atom is -0.462 e. The number of allylic oxidation sites excluding steroid dienone is 1. The topological polar surface area (TPSA) is 26.3 Å². The Labute approximate surface area is 106 Å². The minimum absolute atomic E-state index is 0.00186. The van der Waals surface area contributed by atoms with Crippen LogP contribution >= 0.6 is 0 Å². The molecule has 2 heteroatoms. The Morgan fingerprint density at radius 2 is 1.76 bits per heavy atom. The Morgan fingerprint density at radius 1 is 1.18 bits per heavy atom. The van der Waals surface area contributed by atoms with Crippen molar-refractivity contribution in [1.29, 1.82) is 0 Å². The molecule has 0 saturated carbocycles. The van der Waals surface area contributed by atoms with Gasteiger partial charge < -0.3 is 4.74 Å². The van der Waals surface area contributed by atoms with Crippen molar-refractivity contribution in [1.82, 2.24) is 0 Å². The average Bonchev–Trinajstić information content (AvgIpc) is 2.23. The standard InChI is InChI=1S/C15H26O2/c1-11(2)7-8-13(5)9-10-15(16)17-14(6)12(3)4/h7,11-12,14H,9-10H2,1-6H3. The molecule has 0 radical (unpaired) electrons. The minimum atomic E-state index is -0.114. The first-order chi connectivity index (χ1) is 7.82. The summed E-state index contributed by atoms with van der Waals surface area (Å²) in [5, 5.41) is 0. The molecule has 1 atom stereocenters. The van der Waals surface area contributed by atoms with Crippen molar-refractivity contribution in [3.8, 4) is 0 Å². The van der Waals surface area contributed by atoms with Crippen LogP contribution in [0.1, 0.15) is 54.4 Å². The molecule has 0 fully saturated rings. The van der Waals surface area contributed by atoms with Gasteiger partial charge in [-0.15, -0.1) is 5.73 Å².